The van der Waals surface area contributed by atoms with E-state index in [-0.39, 0.29) is 5.91 Å². The summed E-state index contributed by atoms with van der Waals surface area (Å²) in [4.78, 5) is 11.1. The number of hydrogen-bond acceptors (Lipinski definition) is 2. The van der Waals surface area contributed by atoms with Crippen molar-refractivity contribution in [2.75, 3.05) is 12.8 Å². The molecule has 1 amide bonds. The number of nitrogens with one attached hydrogen (secondary N) is 1. The third kappa shape index (κ3) is 3.09. The van der Waals surface area contributed by atoms with Crippen molar-refractivity contribution in [1.29, 1.82) is 0 Å². The van der Waals surface area contributed by atoms with E-state index in [4.69, 9.17) is 5.73 Å². The lowest BCUT2D eigenvalue weighted by atomic mass is 10.1. The van der Waals surface area contributed by atoms with E-state index in [0.29, 0.717) is 11.3 Å². The van der Waals surface area contributed by atoms with Gasteiger partial charge in [-0.05, 0) is 24.6 Å². The van der Waals surface area contributed by atoms with Crippen LogP contribution < -0.4 is 11.1 Å². The van der Waals surface area contributed by atoms with Crippen LogP contribution in [0.25, 0.3) is 0 Å². The molecule has 0 unspecified atom stereocenters. The summed E-state index contributed by atoms with van der Waals surface area (Å²) >= 11 is 0. The lowest BCUT2D eigenvalue weighted by Crippen LogP contribution is -2.17. The van der Waals surface area contributed by atoms with E-state index >= 15 is 0 Å². The zero-order valence-electron chi connectivity index (χ0n) is 9.22. The van der Waals surface area contributed by atoms with Crippen molar-refractivity contribution in [2.24, 2.45) is 0 Å². The van der Waals surface area contributed by atoms with Gasteiger partial charge in [-0.3, -0.25) is 4.79 Å². The van der Waals surface area contributed by atoms with Crippen LogP contribution in [0.3, 0.4) is 0 Å². The Hall–Kier alpha value is -1.51. The molecule has 0 saturated carbocycles. The SMILES string of the molecule is CC.CNC(=O)c1ccc(C)c(N)c1. The van der Waals surface area contributed by atoms with Crippen molar-refractivity contribution in [3.63, 3.8) is 0 Å². The largest absolute Gasteiger partial charge is 0.398 e. The van der Waals surface area contributed by atoms with Gasteiger partial charge in [-0.15, -0.1) is 0 Å². The number of amides is 1. The van der Waals surface area contributed by atoms with Gasteiger partial charge in [-0.1, -0.05) is 19.9 Å². The van der Waals surface area contributed by atoms with Crippen LogP contribution in [0, 0.1) is 6.92 Å². The van der Waals surface area contributed by atoms with Crippen molar-refractivity contribution in [2.45, 2.75) is 20.8 Å². The number of nitrogens with two attached hydrogens (primary N) is 1. The first kappa shape index (κ1) is 12.5. The Balaban J connectivity index is 0.000000791. The predicted molar refractivity (Wildman–Crippen MR) is 60.3 cm³/mol. The molecule has 3 N–H and O–H groups in total. The standard InChI is InChI=1S/C9H12N2O.C2H6/c1-6-3-4-7(5-8(6)10)9(12)11-2;1-2/h3-5H,10H2,1-2H3,(H,11,12);1-2H3. The lowest BCUT2D eigenvalue weighted by molar-refractivity contribution is 0.0963. The number of benzene rings is 1. The second-order valence-corrected chi connectivity index (χ2v) is 2.65. The maximum absolute atomic E-state index is 11.1. The van der Waals surface area contributed by atoms with Gasteiger partial charge in [0.15, 0.2) is 0 Å². The van der Waals surface area contributed by atoms with Crippen LogP contribution >= 0.6 is 0 Å². The summed E-state index contributed by atoms with van der Waals surface area (Å²) in [5.74, 6) is -0.110. The lowest BCUT2D eigenvalue weighted by Gasteiger charge is -2.02. The average molecular weight is 194 g/mol. The molecule has 0 aliphatic heterocycles. The molecule has 3 heteroatoms. The topological polar surface area (TPSA) is 55.1 Å². The maximum atomic E-state index is 11.1. The third-order valence-electron chi connectivity index (χ3n) is 1.77. The van der Waals surface area contributed by atoms with Gasteiger partial charge in [0.25, 0.3) is 5.91 Å². The van der Waals surface area contributed by atoms with Crippen molar-refractivity contribution >= 4 is 11.6 Å². The number of rotatable bonds is 1. The van der Waals surface area contributed by atoms with Crippen LogP contribution in [-0.2, 0) is 0 Å². The fourth-order valence-corrected chi connectivity index (χ4v) is 0.926. The zero-order chi connectivity index (χ0) is 11.1. The Morgan fingerprint density at radius 1 is 1.36 bits per heavy atom. The summed E-state index contributed by atoms with van der Waals surface area (Å²) < 4.78 is 0. The molecule has 78 valence electrons. The van der Waals surface area contributed by atoms with Crippen LogP contribution in [0.4, 0.5) is 5.69 Å². The molecule has 0 saturated heterocycles. The summed E-state index contributed by atoms with van der Waals surface area (Å²) in [6.45, 7) is 5.91. The van der Waals surface area contributed by atoms with Gasteiger partial charge in [-0.2, -0.15) is 0 Å². The molecule has 1 aromatic carbocycles. The molecule has 14 heavy (non-hydrogen) atoms. The van der Waals surface area contributed by atoms with Crippen LogP contribution in [0.5, 0.6) is 0 Å². The van der Waals surface area contributed by atoms with Gasteiger partial charge < -0.3 is 11.1 Å². The summed E-state index contributed by atoms with van der Waals surface area (Å²) in [6.07, 6.45) is 0. The van der Waals surface area contributed by atoms with Crippen LogP contribution in [0.2, 0.25) is 0 Å². The van der Waals surface area contributed by atoms with Crippen molar-refractivity contribution in [1.82, 2.24) is 5.32 Å². The van der Waals surface area contributed by atoms with E-state index in [2.05, 4.69) is 5.32 Å². The Kier molecular flexibility index (Phi) is 5.37. The van der Waals surface area contributed by atoms with E-state index in [0.717, 1.165) is 5.56 Å². The number of carbonyl (C=O) groups excluding carboxylic acids is 1. The van der Waals surface area contributed by atoms with E-state index in [1.807, 2.05) is 26.8 Å². The Morgan fingerprint density at radius 2 is 1.93 bits per heavy atom. The monoisotopic (exact) mass is 194 g/mol. The van der Waals surface area contributed by atoms with Gasteiger partial charge in [0.2, 0.25) is 0 Å². The third-order valence-corrected chi connectivity index (χ3v) is 1.77. The Bertz CT molecular complexity index is 308. The summed E-state index contributed by atoms with van der Waals surface area (Å²) in [5, 5.41) is 2.53. The van der Waals surface area contributed by atoms with E-state index in [9.17, 15) is 4.79 Å². The molecule has 3 nitrogen and oxygen atoms in total. The number of nitrogen functional groups attached to an aromatic ring is 1. The fourth-order valence-electron chi connectivity index (χ4n) is 0.926. The highest BCUT2D eigenvalue weighted by molar-refractivity contribution is 5.94. The smallest absolute Gasteiger partial charge is 0.251 e. The first-order valence-corrected chi connectivity index (χ1v) is 4.73. The number of anilines is 1. The van der Waals surface area contributed by atoms with Gasteiger partial charge >= 0.3 is 0 Å². The maximum Gasteiger partial charge on any atom is 0.251 e. The minimum Gasteiger partial charge on any atom is -0.398 e. The predicted octanol–water partition coefficient (Wildman–Crippen LogP) is 1.96. The molecule has 0 fully saturated rings. The number of hydrogen-bond donors (Lipinski definition) is 2. The minimum absolute atomic E-state index is 0.110. The molecule has 1 aromatic rings. The number of carbonyl (C=O) groups is 1. The molecule has 0 aliphatic carbocycles. The summed E-state index contributed by atoms with van der Waals surface area (Å²) in [6, 6.07) is 5.26. The van der Waals surface area contributed by atoms with Gasteiger partial charge in [0.1, 0.15) is 0 Å². The highest BCUT2D eigenvalue weighted by atomic mass is 16.1. The summed E-state index contributed by atoms with van der Waals surface area (Å²) in [7, 11) is 1.60. The molecule has 0 heterocycles. The second-order valence-electron chi connectivity index (χ2n) is 2.65. The van der Waals surface area contributed by atoms with Crippen molar-refractivity contribution in [3.8, 4) is 0 Å². The average Bonchev–Trinajstić information content (AvgIpc) is 2.24. The van der Waals surface area contributed by atoms with Crippen LogP contribution in [-0.4, -0.2) is 13.0 Å². The van der Waals surface area contributed by atoms with Gasteiger partial charge in [-0.25, -0.2) is 0 Å². The molecule has 0 atom stereocenters. The quantitative estimate of drug-likeness (QED) is 0.671. The molecular formula is C11H18N2O. The van der Waals surface area contributed by atoms with Crippen LogP contribution in [0.15, 0.2) is 18.2 Å². The first-order chi connectivity index (χ1) is 6.65. The molecule has 0 aromatic heterocycles. The first-order valence-electron chi connectivity index (χ1n) is 4.73. The van der Waals surface area contributed by atoms with E-state index in [1.165, 1.54) is 0 Å². The number of aryl methyl sites for hydroxylation is 1. The molecule has 0 radical (unpaired) electrons. The normalized spacial score (nSPS) is 8.57. The summed E-state index contributed by atoms with van der Waals surface area (Å²) in [5.41, 5.74) is 7.87. The molecule has 1 rings (SSSR count). The fraction of sp³-hybridized carbons (Fsp3) is 0.364. The molecule has 0 aliphatic rings. The van der Waals surface area contributed by atoms with Crippen LogP contribution in [0.1, 0.15) is 29.8 Å². The highest BCUT2D eigenvalue weighted by Gasteiger charge is 2.03. The zero-order valence-corrected chi connectivity index (χ0v) is 9.22. The van der Waals surface area contributed by atoms with E-state index in [1.54, 1.807) is 19.2 Å². The van der Waals surface area contributed by atoms with Gasteiger partial charge in [0.05, 0.1) is 0 Å². The minimum atomic E-state index is -0.110. The molecule has 0 spiro atoms. The Morgan fingerprint density at radius 3 is 2.36 bits per heavy atom. The van der Waals surface area contributed by atoms with E-state index < -0.39 is 0 Å². The molecule has 0 bridgehead atoms. The molecular weight excluding hydrogens is 176 g/mol. The van der Waals surface area contributed by atoms with Gasteiger partial charge in [0, 0.05) is 18.3 Å². The second kappa shape index (κ2) is 6.02. The van der Waals surface area contributed by atoms with Crippen molar-refractivity contribution in [3.05, 3.63) is 29.3 Å². The highest BCUT2D eigenvalue weighted by Crippen LogP contribution is 2.12. The Labute approximate surface area is 85.3 Å². The van der Waals surface area contributed by atoms with Crippen molar-refractivity contribution < 1.29 is 4.79 Å².